The zero-order valence-electron chi connectivity index (χ0n) is 13.2. The molecule has 1 rings (SSSR count). The molecule has 4 heteroatoms. The third-order valence-electron chi connectivity index (χ3n) is 2.85. The number of nitrogens with zero attached hydrogens (tertiary/aromatic N) is 1. The van der Waals surface area contributed by atoms with Crippen molar-refractivity contribution in [2.75, 3.05) is 12.8 Å². The molecule has 0 unspecified atom stereocenters. The number of hydrogen-bond donors (Lipinski definition) is 1. The highest BCUT2D eigenvalue weighted by molar-refractivity contribution is 5.67. The number of carbonyl (C=O) groups excluding carboxylic acids is 1. The van der Waals surface area contributed by atoms with Gasteiger partial charge in [-0.05, 0) is 44.4 Å². The smallest absolute Gasteiger partial charge is 0.410 e. The molecule has 1 aromatic carbocycles. The summed E-state index contributed by atoms with van der Waals surface area (Å²) in [6, 6.07) is 5.99. The molecule has 2 N–H and O–H groups in total. The Morgan fingerprint density at radius 2 is 2.00 bits per heavy atom. The molecule has 0 aliphatic heterocycles. The average Bonchev–Trinajstić information content (AvgIpc) is 2.30. The summed E-state index contributed by atoms with van der Waals surface area (Å²) in [5, 5.41) is 0. The average molecular weight is 278 g/mol. The lowest BCUT2D eigenvalue weighted by Gasteiger charge is -2.24. The van der Waals surface area contributed by atoms with Gasteiger partial charge >= 0.3 is 6.09 Å². The molecule has 0 aromatic heterocycles. The number of aryl methyl sites for hydroxylation is 1. The van der Waals surface area contributed by atoms with E-state index in [1.807, 2.05) is 39.0 Å². The predicted molar refractivity (Wildman–Crippen MR) is 82.6 cm³/mol. The first-order valence-electron chi connectivity index (χ1n) is 7.04. The molecule has 4 nitrogen and oxygen atoms in total. The second kappa shape index (κ2) is 6.64. The third-order valence-corrected chi connectivity index (χ3v) is 2.85. The molecule has 0 saturated carbocycles. The monoisotopic (exact) mass is 278 g/mol. The van der Waals surface area contributed by atoms with Crippen LogP contribution in [0.25, 0.3) is 0 Å². The van der Waals surface area contributed by atoms with Gasteiger partial charge in [0.05, 0.1) is 0 Å². The molecule has 0 spiro atoms. The van der Waals surface area contributed by atoms with Crippen LogP contribution in [0, 0.1) is 0 Å². The molecule has 0 aliphatic rings. The number of anilines is 1. The van der Waals surface area contributed by atoms with Gasteiger partial charge in [-0.1, -0.05) is 25.5 Å². The summed E-state index contributed by atoms with van der Waals surface area (Å²) < 4.78 is 5.32. The number of nitrogens with two attached hydrogens (primary N) is 1. The van der Waals surface area contributed by atoms with Crippen LogP contribution in [-0.2, 0) is 17.7 Å². The number of benzene rings is 1. The minimum Gasteiger partial charge on any atom is -0.444 e. The molecule has 1 aromatic rings. The van der Waals surface area contributed by atoms with Crippen molar-refractivity contribution >= 4 is 11.8 Å². The van der Waals surface area contributed by atoms with E-state index < -0.39 is 5.60 Å². The fourth-order valence-corrected chi connectivity index (χ4v) is 1.92. The number of ether oxygens (including phenoxy) is 1. The number of carbonyl (C=O) groups is 1. The normalized spacial score (nSPS) is 11.2. The topological polar surface area (TPSA) is 55.6 Å². The first kappa shape index (κ1) is 16.3. The molecule has 0 saturated heterocycles. The van der Waals surface area contributed by atoms with Gasteiger partial charge in [0.15, 0.2) is 0 Å². The molecule has 0 bridgehead atoms. The minimum absolute atomic E-state index is 0.325. The lowest BCUT2D eigenvalue weighted by Crippen LogP contribution is -2.33. The first-order valence-corrected chi connectivity index (χ1v) is 7.04. The Bertz CT molecular complexity index is 464. The summed E-state index contributed by atoms with van der Waals surface area (Å²) in [5.41, 5.74) is 8.52. The zero-order chi connectivity index (χ0) is 15.3. The minimum atomic E-state index is -0.477. The molecule has 0 fully saturated rings. The van der Waals surface area contributed by atoms with Gasteiger partial charge < -0.3 is 15.4 Å². The molecular weight excluding hydrogens is 252 g/mol. The van der Waals surface area contributed by atoms with Crippen molar-refractivity contribution in [3.63, 3.8) is 0 Å². The maximum absolute atomic E-state index is 11.9. The van der Waals surface area contributed by atoms with E-state index in [-0.39, 0.29) is 6.09 Å². The van der Waals surface area contributed by atoms with Gasteiger partial charge in [-0.25, -0.2) is 4.79 Å². The fraction of sp³-hybridized carbons (Fsp3) is 0.562. The summed E-state index contributed by atoms with van der Waals surface area (Å²) in [7, 11) is 1.73. The van der Waals surface area contributed by atoms with Crippen LogP contribution in [-0.4, -0.2) is 23.6 Å². The second-order valence-electron chi connectivity index (χ2n) is 6.12. The van der Waals surface area contributed by atoms with Gasteiger partial charge in [-0.2, -0.15) is 0 Å². The maximum atomic E-state index is 11.9. The highest BCUT2D eigenvalue weighted by atomic mass is 16.6. The zero-order valence-corrected chi connectivity index (χ0v) is 13.2. The fourth-order valence-electron chi connectivity index (χ4n) is 1.92. The summed E-state index contributed by atoms with van der Waals surface area (Å²) in [4.78, 5) is 13.4. The first-order chi connectivity index (χ1) is 9.23. The van der Waals surface area contributed by atoms with Crippen molar-refractivity contribution < 1.29 is 9.53 Å². The Morgan fingerprint density at radius 1 is 1.35 bits per heavy atom. The van der Waals surface area contributed by atoms with Crippen LogP contribution in [0.15, 0.2) is 18.2 Å². The van der Waals surface area contributed by atoms with Crippen molar-refractivity contribution in [2.45, 2.75) is 52.7 Å². The summed E-state index contributed by atoms with van der Waals surface area (Å²) >= 11 is 0. The molecular formula is C16H26N2O2. The second-order valence-corrected chi connectivity index (χ2v) is 6.12. The van der Waals surface area contributed by atoms with Crippen LogP contribution in [0.5, 0.6) is 0 Å². The van der Waals surface area contributed by atoms with Gasteiger partial charge in [-0.15, -0.1) is 0 Å². The third kappa shape index (κ3) is 5.11. The molecule has 20 heavy (non-hydrogen) atoms. The van der Waals surface area contributed by atoms with E-state index in [0.717, 1.165) is 29.7 Å². The van der Waals surface area contributed by atoms with Crippen LogP contribution < -0.4 is 5.73 Å². The number of rotatable bonds is 4. The molecule has 0 aliphatic carbocycles. The summed E-state index contributed by atoms with van der Waals surface area (Å²) in [6.07, 6.45) is 1.73. The van der Waals surface area contributed by atoms with Gasteiger partial charge in [0.2, 0.25) is 0 Å². The number of nitrogen functional groups attached to an aromatic ring is 1. The number of hydrogen-bond acceptors (Lipinski definition) is 3. The highest BCUT2D eigenvalue weighted by Crippen LogP contribution is 2.18. The SMILES string of the molecule is CCCc1ccc(CN(C)C(=O)OC(C)(C)C)cc1N. The molecule has 0 atom stereocenters. The highest BCUT2D eigenvalue weighted by Gasteiger charge is 2.19. The van der Waals surface area contributed by atoms with E-state index in [1.165, 1.54) is 0 Å². The lowest BCUT2D eigenvalue weighted by atomic mass is 10.1. The molecule has 0 radical (unpaired) electrons. The van der Waals surface area contributed by atoms with Gasteiger partial charge in [0, 0.05) is 19.3 Å². The van der Waals surface area contributed by atoms with Crippen molar-refractivity contribution in [2.24, 2.45) is 0 Å². The summed E-state index contributed by atoms with van der Waals surface area (Å²) in [5.74, 6) is 0. The van der Waals surface area contributed by atoms with Crippen LogP contribution >= 0.6 is 0 Å². The van der Waals surface area contributed by atoms with Crippen LogP contribution in [0.3, 0.4) is 0 Å². The largest absolute Gasteiger partial charge is 0.444 e. The molecule has 0 heterocycles. The Hall–Kier alpha value is -1.71. The van der Waals surface area contributed by atoms with E-state index >= 15 is 0 Å². The van der Waals surface area contributed by atoms with E-state index in [2.05, 4.69) is 6.92 Å². The Balaban J connectivity index is 2.69. The van der Waals surface area contributed by atoms with Crippen LogP contribution in [0.2, 0.25) is 0 Å². The van der Waals surface area contributed by atoms with E-state index in [1.54, 1.807) is 11.9 Å². The Labute approximate surface area is 121 Å². The van der Waals surface area contributed by atoms with Crippen molar-refractivity contribution in [1.82, 2.24) is 4.90 Å². The van der Waals surface area contributed by atoms with Gasteiger partial charge in [-0.3, -0.25) is 0 Å². The number of amides is 1. The van der Waals surface area contributed by atoms with E-state index in [4.69, 9.17) is 10.5 Å². The summed E-state index contributed by atoms with van der Waals surface area (Å²) in [6.45, 7) is 8.19. The Morgan fingerprint density at radius 3 is 2.50 bits per heavy atom. The van der Waals surface area contributed by atoms with Gasteiger partial charge in [0.25, 0.3) is 0 Å². The lowest BCUT2D eigenvalue weighted by molar-refractivity contribution is 0.0285. The van der Waals surface area contributed by atoms with Crippen LogP contribution in [0.1, 0.15) is 45.2 Å². The predicted octanol–water partition coefficient (Wildman–Crippen LogP) is 3.59. The van der Waals surface area contributed by atoms with Gasteiger partial charge in [0.1, 0.15) is 5.60 Å². The van der Waals surface area contributed by atoms with Crippen molar-refractivity contribution in [3.05, 3.63) is 29.3 Å². The van der Waals surface area contributed by atoms with Crippen molar-refractivity contribution in [1.29, 1.82) is 0 Å². The molecule has 112 valence electrons. The van der Waals surface area contributed by atoms with Crippen LogP contribution in [0.4, 0.5) is 10.5 Å². The van der Waals surface area contributed by atoms with E-state index in [9.17, 15) is 4.79 Å². The van der Waals surface area contributed by atoms with E-state index in [0.29, 0.717) is 6.54 Å². The quantitative estimate of drug-likeness (QED) is 0.856. The standard InChI is InChI=1S/C16H26N2O2/c1-6-7-13-9-8-12(10-14(13)17)11-18(5)15(19)20-16(2,3)4/h8-10H,6-7,11,17H2,1-5H3. The maximum Gasteiger partial charge on any atom is 0.410 e. The Kier molecular flexibility index (Phi) is 5.43. The molecule has 1 amide bonds. The van der Waals surface area contributed by atoms with Crippen molar-refractivity contribution in [3.8, 4) is 0 Å².